The van der Waals surface area contributed by atoms with Gasteiger partial charge in [0.25, 0.3) is 0 Å². The highest BCUT2D eigenvalue weighted by atomic mass is 32.4. The van der Waals surface area contributed by atoms with Gasteiger partial charge in [-0.15, -0.1) is 11.8 Å². The summed E-state index contributed by atoms with van der Waals surface area (Å²) in [5.41, 5.74) is 0. The maximum atomic E-state index is 2.69. The van der Waals surface area contributed by atoms with E-state index in [4.69, 9.17) is 0 Å². The Morgan fingerprint density at radius 2 is 1.05 bits per heavy atom. The van der Waals surface area contributed by atoms with E-state index in [0.29, 0.717) is 0 Å². The van der Waals surface area contributed by atoms with Crippen molar-refractivity contribution in [1.82, 2.24) is 0 Å². The third-order valence-corrected chi connectivity index (χ3v) is 94.3. The molecule has 0 aliphatic heterocycles. The molecule has 0 N–H and O–H groups in total. The molecule has 19 heavy (non-hydrogen) atoms. The molecule has 0 saturated heterocycles. The van der Waals surface area contributed by atoms with E-state index in [1.807, 2.05) is 0 Å². The van der Waals surface area contributed by atoms with Gasteiger partial charge in [-0.3, -0.25) is 0 Å². The van der Waals surface area contributed by atoms with Crippen LogP contribution in [0.5, 0.6) is 0 Å². The van der Waals surface area contributed by atoms with Gasteiger partial charge in [-0.1, -0.05) is 65.8 Å². The second kappa shape index (κ2) is 6.77. The Morgan fingerprint density at radius 1 is 0.737 bits per heavy atom. The van der Waals surface area contributed by atoms with Crippen LogP contribution in [0.25, 0.3) is 0 Å². The lowest BCUT2D eigenvalue weighted by molar-refractivity contribution is 1.40. The summed E-state index contributed by atoms with van der Waals surface area (Å²) < 4.78 is 0.807. The molecule has 0 aromatic carbocycles. The Labute approximate surface area is 134 Å². The van der Waals surface area contributed by atoms with Gasteiger partial charge in [0.15, 0.2) is 0 Å². The highest BCUT2D eigenvalue weighted by molar-refractivity contribution is 8.53. The normalized spacial score (nSPS) is 16.6. The van der Waals surface area contributed by atoms with Crippen molar-refractivity contribution >= 4 is 51.5 Å². The van der Waals surface area contributed by atoms with Crippen molar-refractivity contribution in [3.05, 3.63) is 0 Å². The molecular formula is C13H36S2Si4. The van der Waals surface area contributed by atoms with E-state index in [-0.39, 0.29) is 0 Å². The van der Waals surface area contributed by atoms with Crippen molar-refractivity contribution in [1.29, 1.82) is 0 Å². The minimum atomic E-state index is -1.19. The smallest absolute Gasteiger partial charge is 0.0960 e. The molecule has 0 saturated carbocycles. The summed E-state index contributed by atoms with van der Waals surface area (Å²) in [5.74, 6) is 0.0775. The SMILES string of the molecule is CCSC(C)S[Si]([Si](C)(C)C)([Si](C)(C)C)[Si](C)(C)C. The molecule has 0 aliphatic carbocycles. The Balaban J connectivity index is 5.82. The van der Waals surface area contributed by atoms with Crippen molar-refractivity contribution in [2.45, 2.75) is 77.4 Å². The minimum absolute atomic E-state index is 0.807. The lowest BCUT2D eigenvalue weighted by atomic mass is 10.9. The van der Waals surface area contributed by atoms with Crippen LogP contribution in [0.1, 0.15) is 13.8 Å². The van der Waals surface area contributed by atoms with E-state index >= 15 is 0 Å². The first kappa shape index (κ1) is 20.6. The first-order valence-electron chi connectivity index (χ1n) is 7.50. The number of thioether (sulfide) groups is 1. The molecule has 0 aliphatic rings. The van der Waals surface area contributed by atoms with E-state index in [2.05, 4.69) is 95.7 Å². The summed E-state index contributed by atoms with van der Waals surface area (Å²) >= 11 is 4.70. The minimum Gasteiger partial charge on any atom is -0.181 e. The Kier molecular flexibility index (Phi) is 7.33. The molecule has 1 unspecified atom stereocenters. The summed E-state index contributed by atoms with van der Waals surface area (Å²) in [7, 11) is -3.26. The fourth-order valence-corrected chi connectivity index (χ4v) is 118. The summed E-state index contributed by atoms with van der Waals surface area (Å²) in [5, 5.41) is 0. The van der Waals surface area contributed by atoms with Gasteiger partial charge in [0.1, 0.15) is 0 Å². The molecule has 0 amide bonds. The van der Waals surface area contributed by atoms with Crippen molar-refractivity contribution in [3.63, 3.8) is 0 Å². The molecule has 1 atom stereocenters. The molecule has 0 radical (unpaired) electrons. The van der Waals surface area contributed by atoms with Crippen LogP contribution in [-0.4, -0.2) is 38.9 Å². The maximum absolute atomic E-state index is 2.69. The molecule has 116 valence electrons. The zero-order valence-electron chi connectivity index (χ0n) is 15.1. The first-order chi connectivity index (χ1) is 8.20. The first-order valence-corrected chi connectivity index (χ1v) is 25.7. The van der Waals surface area contributed by atoms with Gasteiger partial charge < -0.3 is 0 Å². The summed E-state index contributed by atoms with van der Waals surface area (Å²) in [4.78, 5) is 0. The number of hydrogen-bond acceptors (Lipinski definition) is 2. The van der Waals surface area contributed by atoms with Crippen molar-refractivity contribution in [2.75, 3.05) is 5.75 Å². The second-order valence-corrected chi connectivity index (χ2v) is 56.8. The van der Waals surface area contributed by atoms with E-state index in [9.17, 15) is 0 Å². The predicted molar refractivity (Wildman–Crippen MR) is 111 cm³/mol. The van der Waals surface area contributed by atoms with Gasteiger partial charge in [0.2, 0.25) is 0 Å². The molecule has 0 heterocycles. The van der Waals surface area contributed by atoms with Gasteiger partial charge in [-0.2, -0.15) is 11.2 Å². The van der Waals surface area contributed by atoms with Crippen LogP contribution in [0.4, 0.5) is 0 Å². The average Bonchev–Trinajstić information content (AvgIpc) is 2.08. The predicted octanol–water partition coefficient (Wildman–Crippen LogP) is 6.01. The van der Waals surface area contributed by atoms with Crippen LogP contribution in [0, 0.1) is 0 Å². The summed E-state index contributed by atoms with van der Waals surface area (Å²) in [6, 6.07) is 0. The van der Waals surface area contributed by atoms with E-state index < -0.39 is 28.6 Å². The molecule has 0 aromatic heterocycles. The Hall–Kier alpha value is 1.57. The van der Waals surface area contributed by atoms with E-state index in [1.54, 1.807) is 0 Å². The largest absolute Gasteiger partial charge is 0.181 e. The van der Waals surface area contributed by atoms with Gasteiger partial charge in [0, 0.05) is 27.4 Å². The van der Waals surface area contributed by atoms with Crippen molar-refractivity contribution in [2.24, 2.45) is 0 Å². The molecule has 6 heteroatoms. The van der Waals surface area contributed by atoms with E-state index in [0.717, 1.165) is 4.58 Å². The molecular weight excluding hydrogens is 333 g/mol. The maximum Gasteiger partial charge on any atom is 0.0960 e. The van der Waals surface area contributed by atoms with Gasteiger partial charge in [-0.05, 0) is 12.7 Å². The van der Waals surface area contributed by atoms with Crippen LogP contribution in [-0.2, 0) is 0 Å². The zero-order chi connectivity index (χ0) is 15.7. The molecule has 0 bridgehead atoms. The van der Waals surface area contributed by atoms with E-state index in [1.165, 1.54) is 5.75 Å². The molecule has 0 spiro atoms. The monoisotopic (exact) mass is 368 g/mol. The number of hydrogen-bond donors (Lipinski definition) is 0. The Morgan fingerprint density at radius 3 is 1.26 bits per heavy atom. The lowest BCUT2D eigenvalue weighted by Crippen LogP contribution is -2.81. The molecule has 0 aromatic rings. The van der Waals surface area contributed by atoms with Gasteiger partial charge >= 0.3 is 0 Å². The zero-order valence-corrected chi connectivity index (χ0v) is 20.7. The average molecular weight is 369 g/mol. The third-order valence-electron chi connectivity index (χ3n) is 3.91. The van der Waals surface area contributed by atoms with Gasteiger partial charge in [-0.25, -0.2) is 0 Å². The van der Waals surface area contributed by atoms with Crippen LogP contribution in [0.2, 0.25) is 58.9 Å². The molecule has 0 nitrogen and oxygen atoms in total. The van der Waals surface area contributed by atoms with Crippen LogP contribution >= 0.6 is 23.0 Å². The fraction of sp³-hybridized carbons (Fsp3) is 1.00. The second-order valence-electron chi connectivity index (χ2n) is 8.57. The number of rotatable bonds is 7. The third kappa shape index (κ3) is 4.52. The van der Waals surface area contributed by atoms with Crippen LogP contribution in [0.3, 0.4) is 0 Å². The summed E-state index contributed by atoms with van der Waals surface area (Å²) in [6.45, 7) is 29.0. The highest BCUT2D eigenvalue weighted by Gasteiger charge is 2.62. The quantitative estimate of drug-likeness (QED) is 0.398. The van der Waals surface area contributed by atoms with Crippen LogP contribution in [0.15, 0.2) is 0 Å². The fourth-order valence-electron chi connectivity index (χ4n) is 4.42. The van der Waals surface area contributed by atoms with Crippen LogP contribution < -0.4 is 0 Å². The standard InChI is InChI=1S/C13H36S2Si4/c1-12-14-13(2)15-19(16(3,4)5,17(6,7)8)18(9,10)11/h13H,12H2,1-11H3. The Bertz CT molecular complexity index is 250. The topological polar surface area (TPSA) is 0 Å². The van der Waals surface area contributed by atoms with Gasteiger partial charge in [0.05, 0.1) is 5.78 Å². The highest BCUT2D eigenvalue weighted by Crippen LogP contribution is 2.48. The summed E-state index contributed by atoms with van der Waals surface area (Å²) in [6.07, 6.45) is 0. The molecule has 0 fully saturated rings. The van der Waals surface area contributed by atoms with Crippen molar-refractivity contribution < 1.29 is 0 Å². The molecule has 0 rings (SSSR count). The van der Waals surface area contributed by atoms with Crippen molar-refractivity contribution in [3.8, 4) is 0 Å². The lowest BCUT2D eigenvalue weighted by Gasteiger charge is -2.57.